The first-order valence-corrected chi connectivity index (χ1v) is 5.26. The van der Waals surface area contributed by atoms with E-state index in [9.17, 15) is 4.79 Å². The second-order valence-corrected chi connectivity index (χ2v) is 4.05. The van der Waals surface area contributed by atoms with Crippen LogP contribution in [0.25, 0.3) is 0 Å². The molecule has 0 atom stereocenters. The Morgan fingerprint density at radius 1 is 1.60 bits per heavy atom. The molecule has 0 unspecified atom stereocenters. The van der Waals surface area contributed by atoms with E-state index in [4.69, 9.17) is 5.73 Å². The third-order valence-electron chi connectivity index (χ3n) is 3.09. The van der Waals surface area contributed by atoms with Gasteiger partial charge in [-0.25, -0.2) is 0 Å². The molecule has 0 spiro atoms. The summed E-state index contributed by atoms with van der Waals surface area (Å²) in [5.41, 5.74) is 6.09. The maximum atomic E-state index is 12.0. The normalized spacial score (nSPS) is 16.9. The van der Waals surface area contributed by atoms with Gasteiger partial charge in [-0.3, -0.25) is 9.89 Å². The molecule has 1 saturated carbocycles. The average molecular weight is 208 g/mol. The minimum atomic E-state index is -0.0341. The maximum Gasteiger partial charge on any atom is 0.259 e. The number of aromatic nitrogens is 2. The van der Waals surface area contributed by atoms with Gasteiger partial charge in [-0.1, -0.05) is 12.8 Å². The summed E-state index contributed by atoms with van der Waals surface area (Å²) in [5.74, 6) is 0.318. The quantitative estimate of drug-likeness (QED) is 0.761. The predicted octanol–water partition coefficient (Wildman–Crippen LogP) is 1.01. The molecular weight excluding hydrogens is 192 g/mol. The molecule has 0 aromatic carbocycles. The van der Waals surface area contributed by atoms with Crippen molar-refractivity contribution in [2.24, 2.45) is 0 Å². The molecule has 3 N–H and O–H groups in total. The van der Waals surface area contributed by atoms with Crippen molar-refractivity contribution in [1.82, 2.24) is 15.1 Å². The Bertz CT molecular complexity index is 354. The predicted molar refractivity (Wildman–Crippen MR) is 57.3 cm³/mol. The van der Waals surface area contributed by atoms with Crippen molar-refractivity contribution < 1.29 is 4.79 Å². The smallest absolute Gasteiger partial charge is 0.259 e. The zero-order valence-electron chi connectivity index (χ0n) is 8.86. The lowest BCUT2D eigenvalue weighted by molar-refractivity contribution is 0.0736. The van der Waals surface area contributed by atoms with Gasteiger partial charge in [0.05, 0.1) is 6.20 Å². The van der Waals surface area contributed by atoms with Gasteiger partial charge in [-0.15, -0.1) is 0 Å². The zero-order valence-corrected chi connectivity index (χ0v) is 8.86. The molecule has 15 heavy (non-hydrogen) atoms. The lowest BCUT2D eigenvalue weighted by Gasteiger charge is -2.23. The van der Waals surface area contributed by atoms with Gasteiger partial charge >= 0.3 is 0 Å². The van der Waals surface area contributed by atoms with Gasteiger partial charge in [0.1, 0.15) is 11.4 Å². The highest BCUT2D eigenvalue weighted by Gasteiger charge is 2.25. The topological polar surface area (TPSA) is 75.0 Å². The summed E-state index contributed by atoms with van der Waals surface area (Å²) >= 11 is 0. The largest absolute Gasteiger partial charge is 0.383 e. The zero-order chi connectivity index (χ0) is 10.8. The van der Waals surface area contributed by atoms with Crippen LogP contribution in [0.2, 0.25) is 0 Å². The molecule has 82 valence electrons. The van der Waals surface area contributed by atoms with Crippen LogP contribution >= 0.6 is 0 Å². The molecule has 5 nitrogen and oxygen atoms in total. The molecule has 1 aliphatic rings. The van der Waals surface area contributed by atoms with Crippen LogP contribution in [-0.4, -0.2) is 34.1 Å². The van der Waals surface area contributed by atoms with Gasteiger partial charge in [-0.05, 0) is 12.8 Å². The van der Waals surface area contributed by atoms with E-state index in [1.54, 1.807) is 4.90 Å². The molecule has 0 saturated heterocycles. The molecule has 0 bridgehead atoms. The van der Waals surface area contributed by atoms with Crippen molar-refractivity contribution in [3.63, 3.8) is 0 Å². The van der Waals surface area contributed by atoms with E-state index < -0.39 is 0 Å². The number of hydrogen-bond acceptors (Lipinski definition) is 3. The minimum Gasteiger partial charge on any atom is -0.383 e. The summed E-state index contributed by atoms with van der Waals surface area (Å²) in [7, 11) is 1.84. The SMILES string of the molecule is CN(C(=O)c1cn[nH]c1N)C1CCCC1. The van der Waals surface area contributed by atoms with Crippen molar-refractivity contribution in [1.29, 1.82) is 0 Å². The van der Waals surface area contributed by atoms with Crippen molar-refractivity contribution in [3.8, 4) is 0 Å². The van der Waals surface area contributed by atoms with E-state index in [1.807, 2.05) is 7.05 Å². The van der Waals surface area contributed by atoms with Crippen molar-refractivity contribution in [2.75, 3.05) is 12.8 Å². The molecule has 0 aliphatic heterocycles. The molecule has 5 heteroatoms. The average Bonchev–Trinajstić information content (AvgIpc) is 2.85. The highest BCUT2D eigenvalue weighted by molar-refractivity contribution is 5.98. The van der Waals surface area contributed by atoms with Crippen molar-refractivity contribution in [2.45, 2.75) is 31.7 Å². The minimum absolute atomic E-state index is 0.0341. The maximum absolute atomic E-state index is 12.0. The molecule has 1 aliphatic carbocycles. The highest BCUT2D eigenvalue weighted by atomic mass is 16.2. The van der Waals surface area contributed by atoms with Crippen LogP contribution in [0.1, 0.15) is 36.0 Å². The fourth-order valence-corrected chi connectivity index (χ4v) is 2.11. The Morgan fingerprint density at radius 3 is 2.80 bits per heavy atom. The Hall–Kier alpha value is -1.52. The first-order valence-electron chi connectivity index (χ1n) is 5.26. The van der Waals surface area contributed by atoms with E-state index in [2.05, 4.69) is 10.2 Å². The number of nitrogens with zero attached hydrogens (tertiary/aromatic N) is 2. The van der Waals surface area contributed by atoms with Crippen LogP contribution in [0, 0.1) is 0 Å². The van der Waals surface area contributed by atoms with E-state index in [0.717, 1.165) is 12.8 Å². The fraction of sp³-hybridized carbons (Fsp3) is 0.600. The standard InChI is InChI=1S/C10H16N4O/c1-14(7-4-2-3-5-7)10(15)8-6-12-13-9(8)11/h6-7H,2-5H2,1H3,(H3,11,12,13). The summed E-state index contributed by atoms with van der Waals surface area (Å²) < 4.78 is 0. The number of nitrogens with one attached hydrogen (secondary N) is 1. The van der Waals surface area contributed by atoms with Crippen LogP contribution in [0.15, 0.2) is 6.20 Å². The van der Waals surface area contributed by atoms with Gasteiger partial charge in [-0.2, -0.15) is 5.10 Å². The number of nitrogen functional groups attached to an aromatic ring is 1. The van der Waals surface area contributed by atoms with Crippen LogP contribution in [0.4, 0.5) is 5.82 Å². The number of hydrogen-bond donors (Lipinski definition) is 2. The Kier molecular flexibility index (Phi) is 2.62. The third kappa shape index (κ3) is 1.82. The Morgan fingerprint density at radius 2 is 2.27 bits per heavy atom. The van der Waals surface area contributed by atoms with Gasteiger partial charge < -0.3 is 10.6 Å². The number of anilines is 1. The number of rotatable bonds is 2. The Labute approximate surface area is 88.6 Å². The van der Waals surface area contributed by atoms with Crippen LogP contribution in [0.3, 0.4) is 0 Å². The molecule has 1 aromatic heterocycles. The first kappa shape index (κ1) is 10.0. The van der Waals surface area contributed by atoms with E-state index in [-0.39, 0.29) is 5.91 Å². The van der Waals surface area contributed by atoms with Crippen LogP contribution in [-0.2, 0) is 0 Å². The van der Waals surface area contributed by atoms with Gasteiger partial charge in [0.25, 0.3) is 5.91 Å². The summed E-state index contributed by atoms with van der Waals surface area (Å²) in [6, 6.07) is 0.367. The number of H-pyrrole nitrogens is 1. The van der Waals surface area contributed by atoms with Gasteiger partial charge in [0.2, 0.25) is 0 Å². The molecule has 2 rings (SSSR count). The van der Waals surface area contributed by atoms with Crippen LogP contribution < -0.4 is 5.73 Å². The van der Waals surface area contributed by atoms with E-state index >= 15 is 0 Å². The third-order valence-corrected chi connectivity index (χ3v) is 3.09. The molecule has 1 heterocycles. The van der Waals surface area contributed by atoms with E-state index in [1.165, 1.54) is 19.0 Å². The van der Waals surface area contributed by atoms with Gasteiger partial charge in [0, 0.05) is 13.1 Å². The monoisotopic (exact) mass is 208 g/mol. The molecule has 0 radical (unpaired) electrons. The van der Waals surface area contributed by atoms with Gasteiger partial charge in [0.15, 0.2) is 0 Å². The fourth-order valence-electron chi connectivity index (χ4n) is 2.11. The van der Waals surface area contributed by atoms with Crippen LogP contribution in [0.5, 0.6) is 0 Å². The van der Waals surface area contributed by atoms with Crippen molar-refractivity contribution >= 4 is 11.7 Å². The highest BCUT2D eigenvalue weighted by Crippen LogP contribution is 2.24. The molecule has 1 amide bonds. The number of nitrogens with two attached hydrogens (primary N) is 1. The molecule has 1 fully saturated rings. The summed E-state index contributed by atoms with van der Waals surface area (Å²) in [4.78, 5) is 13.8. The number of carbonyl (C=O) groups excluding carboxylic acids is 1. The van der Waals surface area contributed by atoms with E-state index in [0.29, 0.717) is 17.4 Å². The first-order chi connectivity index (χ1) is 7.20. The second-order valence-electron chi connectivity index (χ2n) is 4.05. The summed E-state index contributed by atoms with van der Waals surface area (Å²) in [6.45, 7) is 0. The number of carbonyl (C=O) groups is 1. The Balaban J connectivity index is 2.10. The lowest BCUT2D eigenvalue weighted by atomic mass is 10.2. The number of aromatic amines is 1. The molecule has 1 aromatic rings. The lowest BCUT2D eigenvalue weighted by Crippen LogP contribution is -2.35. The summed E-state index contributed by atoms with van der Waals surface area (Å²) in [6.07, 6.45) is 6.11. The summed E-state index contributed by atoms with van der Waals surface area (Å²) in [5, 5.41) is 6.33. The number of amides is 1. The second kappa shape index (κ2) is 3.92. The molecular formula is C10H16N4O. The van der Waals surface area contributed by atoms with Crippen molar-refractivity contribution in [3.05, 3.63) is 11.8 Å².